The highest BCUT2D eigenvalue weighted by atomic mass is 15.3. The normalized spacial score (nSPS) is 23.4. The number of rotatable bonds is 4. The lowest BCUT2D eigenvalue weighted by Gasteiger charge is -2.31. The van der Waals surface area contributed by atoms with Crippen molar-refractivity contribution in [1.29, 1.82) is 0 Å². The van der Waals surface area contributed by atoms with E-state index in [0.717, 1.165) is 25.6 Å². The van der Waals surface area contributed by atoms with Crippen LogP contribution in [0.3, 0.4) is 0 Å². The van der Waals surface area contributed by atoms with Crippen LogP contribution in [0.15, 0.2) is 29.3 Å². The zero-order valence-electron chi connectivity index (χ0n) is 14.4. The number of guanidine groups is 1. The third kappa shape index (κ3) is 4.71. The summed E-state index contributed by atoms with van der Waals surface area (Å²) in [5, 5.41) is 0. The maximum absolute atomic E-state index is 6.17. The van der Waals surface area contributed by atoms with E-state index in [-0.39, 0.29) is 0 Å². The van der Waals surface area contributed by atoms with Crippen LogP contribution in [-0.4, -0.2) is 41.9 Å². The standard InChI is InChI=1S/C19H30N4/c1-16-5-4-12-23(14-16)19(20)21-13-17-6-8-18(9-7-17)15-22-10-2-3-11-22/h6-9,16H,2-5,10-15H2,1H3,(H2,20,21). The van der Waals surface area contributed by atoms with Crippen molar-refractivity contribution in [3.63, 3.8) is 0 Å². The summed E-state index contributed by atoms with van der Waals surface area (Å²) in [7, 11) is 0. The zero-order valence-corrected chi connectivity index (χ0v) is 14.4. The fraction of sp³-hybridized carbons (Fsp3) is 0.632. The Morgan fingerprint density at radius 2 is 1.78 bits per heavy atom. The number of hydrogen-bond donors (Lipinski definition) is 1. The number of hydrogen-bond acceptors (Lipinski definition) is 2. The molecule has 126 valence electrons. The molecule has 0 amide bonds. The first-order valence-electron chi connectivity index (χ1n) is 9.06. The maximum Gasteiger partial charge on any atom is 0.191 e. The molecule has 0 aromatic heterocycles. The third-order valence-electron chi connectivity index (χ3n) is 5.03. The molecule has 23 heavy (non-hydrogen) atoms. The van der Waals surface area contributed by atoms with Gasteiger partial charge in [0.05, 0.1) is 6.54 Å². The van der Waals surface area contributed by atoms with Gasteiger partial charge in [-0.2, -0.15) is 0 Å². The number of nitrogens with two attached hydrogens (primary N) is 1. The Bertz CT molecular complexity index is 517. The van der Waals surface area contributed by atoms with Crippen molar-refractivity contribution in [1.82, 2.24) is 9.80 Å². The molecule has 2 saturated heterocycles. The van der Waals surface area contributed by atoms with E-state index >= 15 is 0 Å². The van der Waals surface area contributed by atoms with Crippen LogP contribution in [0.5, 0.6) is 0 Å². The molecule has 2 aliphatic heterocycles. The summed E-state index contributed by atoms with van der Waals surface area (Å²) < 4.78 is 0. The molecule has 1 aromatic carbocycles. The van der Waals surface area contributed by atoms with E-state index in [0.29, 0.717) is 12.5 Å². The Morgan fingerprint density at radius 3 is 2.48 bits per heavy atom. The second-order valence-electron chi connectivity index (χ2n) is 7.17. The molecule has 1 unspecified atom stereocenters. The molecule has 1 aromatic rings. The van der Waals surface area contributed by atoms with Gasteiger partial charge in [-0.3, -0.25) is 4.90 Å². The molecule has 2 heterocycles. The molecular weight excluding hydrogens is 284 g/mol. The number of nitrogens with zero attached hydrogens (tertiary/aromatic N) is 3. The van der Waals surface area contributed by atoms with Gasteiger partial charge < -0.3 is 10.6 Å². The zero-order chi connectivity index (χ0) is 16.1. The van der Waals surface area contributed by atoms with Gasteiger partial charge in [0.2, 0.25) is 0 Å². The molecule has 4 heteroatoms. The van der Waals surface area contributed by atoms with Crippen molar-refractivity contribution < 1.29 is 0 Å². The van der Waals surface area contributed by atoms with Crippen molar-refractivity contribution in [2.24, 2.45) is 16.6 Å². The SMILES string of the molecule is CC1CCCN(C(N)=NCc2ccc(CN3CCCC3)cc2)C1. The van der Waals surface area contributed by atoms with Gasteiger partial charge >= 0.3 is 0 Å². The largest absolute Gasteiger partial charge is 0.370 e. The topological polar surface area (TPSA) is 44.9 Å². The minimum atomic E-state index is 0.681. The van der Waals surface area contributed by atoms with Gasteiger partial charge in [-0.25, -0.2) is 4.99 Å². The van der Waals surface area contributed by atoms with Crippen LogP contribution >= 0.6 is 0 Å². The lowest BCUT2D eigenvalue weighted by molar-refractivity contribution is 0.270. The van der Waals surface area contributed by atoms with Gasteiger partial charge in [0, 0.05) is 19.6 Å². The van der Waals surface area contributed by atoms with Crippen molar-refractivity contribution in [2.45, 2.75) is 45.7 Å². The van der Waals surface area contributed by atoms with E-state index in [9.17, 15) is 0 Å². The molecule has 2 aliphatic rings. The van der Waals surface area contributed by atoms with E-state index in [1.807, 2.05) is 0 Å². The average Bonchev–Trinajstić information content (AvgIpc) is 3.07. The van der Waals surface area contributed by atoms with Crippen LogP contribution in [0.25, 0.3) is 0 Å². The first-order chi connectivity index (χ1) is 11.2. The van der Waals surface area contributed by atoms with Crippen molar-refractivity contribution in [3.8, 4) is 0 Å². The van der Waals surface area contributed by atoms with Crippen LogP contribution < -0.4 is 5.73 Å². The van der Waals surface area contributed by atoms with Crippen molar-refractivity contribution in [3.05, 3.63) is 35.4 Å². The molecule has 0 saturated carbocycles. The van der Waals surface area contributed by atoms with E-state index in [4.69, 9.17) is 5.73 Å². The van der Waals surface area contributed by atoms with Crippen LogP contribution in [0, 0.1) is 5.92 Å². The van der Waals surface area contributed by atoms with Crippen molar-refractivity contribution in [2.75, 3.05) is 26.2 Å². The Balaban J connectivity index is 1.52. The molecule has 1 atom stereocenters. The summed E-state index contributed by atoms with van der Waals surface area (Å²) in [4.78, 5) is 9.36. The molecule has 0 aliphatic carbocycles. The van der Waals surface area contributed by atoms with Gasteiger partial charge in [0.15, 0.2) is 5.96 Å². The Labute approximate surface area is 140 Å². The number of aliphatic imine (C=N–C) groups is 1. The summed E-state index contributed by atoms with van der Waals surface area (Å²) in [6, 6.07) is 8.87. The monoisotopic (exact) mass is 314 g/mol. The summed E-state index contributed by atoms with van der Waals surface area (Å²) in [5.74, 6) is 1.43. The molecule has 0 radical (unpaired) electrons. The quantitative estimate of drug-likeness (QED) is 0.686. The fourth-order valence-corrected chi connectivity index (χ4v) is 3.62. The van der Waals surface area contributed by atoms with E-state index in [1.54, 1.807) is 0 Å². The third-order valence-corrected chi connectivity index (χ3v) is 5.03. The first-order valence-corrected chi connectivity index (χ1v) is 9.06. The molecular formula is C19H30N4. The number of likely N-dealkylation sites (tertiary alicyclic amines) is 2. The summed E-state index contributed by atoms with van der Waals surface area (Å²) >= 11 is 0. The molecule has 4 nitrogen and oxygen atoms in total. The lowest BCUT2D eigenvalue weighted by Crippen LogP contribution is -2.43. The van der Waals surface area contributed by atoms with Crippen LogP contribution in [-0.2, 0) is 13.1 Å². The van der Waals surface area contributed by atoms with Gasteiger partial charge in [-0.05, 0) is 55.8 Å². The average molecular weight is 314 g/mol. The smallest absolute Gasteiger partial charge is 0.191 e. The minimum absolute atomic E-state index is 0.681. The van der Waals surface area contributed by atoms with Gasteiger partial charge in [0.25, 0.3) is 0 Å². The maximum atomic E-state index is 6.17. The minimum Gasteiger partial charge on any atom is -0.370 e. The molecule has 3 rings (SSSR count). The van der Waals surface area contributed by atoms with Crippen LogP contribution in [0.4, 0.5) is 0 Å². The van der Waals surface area contributed by atoms with Gasteiger partial charge in [-0.1, -0.05) is 31.2 Å². The predicted molar refractivity (Wildman–Crippen MR) is 96.3 cm³/mol. The second kappa shape index (κ2) is 7.82. The second-order valence-corrected chi connectivity index (χ2v) is 7.17. The Kier molecular flexibility index (Phi) is 5.55. The first kappa shape index (κ1) is 16.3. The highest BCUT2D eigenvalue weighted by molar-refractivity contribution is 5.78. The summed E-state index contributed by atoms with van der Waals surface area (Å²) in [5.41, 5.74) is 8.81. The number of benzene rings is 1. The molecule has 2 N–H and O–H groups in total. The fourth-order valence-electron chi connectivity index (χ4n) is 3.62. The molecule has 0 bridgehead atoms. The number of piperidine rings is 1. The van der Waals surface area contributed by atoms with Crippen LogP contribution in [0.2, 0.25) is 0 Å². The summed E-state index contributed by atoms with van der Waals surface area (Å²) in [6.45, 7) is 8.64. The Hall–Kier alpha value is -1.55. The van der Waals surface area contributed by atoms with Gasteiger partial charge in [-0.15, -0.1) is 0 Å². The summed E-state index contributed by atoms with van der Waals surface area (Å²) in [6.07, 6.45) is 5.23. The highest BCUT2D eigenvalue weighted by Crippen LogP contribution is 2.16. The Morgan fingerprint density at radius 1 is 1.09 bits per heavy atom. The van der Waals surface area contributed by atoms with E-state index < -0.39 is 0 Å². The highest BCUT2D eigenvalue weighted by Gasteiger charge is 2.17. The molecule has 0 spiro atoms. The predicted octanol–water partition coefficient (Wildman–Crippen LogP) is 2.83. The van der Waals surface area contributed by atoms with E-state index in [1.165, 1.54) is 49.9 Å². The van der Waals surface area contributed by atoms with Crippen molar-refractivity contribution >= 4 is 5.96 Å². The molecule has 2 fully saturated rings. The van der Waals surface area contributed by atoms with E-state index in [2.05, 4.69) is 46.0 Å². The van der Waals surface area contributed by atoms with Gasteiger partial charge in [0.1, 0.15) is 0 Å². The lowest BCUT2D eigenvalue weighted by atomic mass is 10.0. The van der Waals surface area contributed by atoms with Crippen LogP contribution in [0.1, 0.15) is 43.7 Å².